The number of aliphatic carboxylic acids is 1. The number of aryl methyl sites for hydroxylation is 2. The highest BCUT2D eigenvalue weighted by Gasteiger charge is 2.32. The van der Waals surface area contributed by atoms with Gasteiger partial charge in [-0.25, -0.2) is 14.1 Å². The van der Waals surface area contributed by atoms with Crippen molar-refractivity contribution in [2.24, 2.45) is 4.99 Å². The second kappa shape index (κ2) is 33.5. The molecular weight excluding hydrogens is 1130 g/mol. The molecule has 0 saturated carbocycles. The number of thioether (sulfide) groups is 1. The lowest BCUT2D eigenvalue weighted by molar-refractivity contribution is -0.193. The van der Waals surface area contributed by atoms with Crippen LogP contribution in [0.5, 0.6) is 5.75 Å². The number of aromatic nitrogens is 2. The van der Waals surface area contributed by atoms with Gasteiger partial charge in [-0.1, -0.05) is 72.1 Å². The van der Waals surface area contributed by atoms with Gasteiger partial charge in [0.1, 0.15) is 37.3 Å². The fourth-order valence-electron chi connectivity index (χ4n) is 6.80. The smallest absolute Gasteiger partial charge is 0.325 e. The number of benzene rings is 3. The highest BCUT2D eigenvalue weighted by atomic mass is 35.5. The zero-order valence-electron chi connectivity index (χ0n) is 42.5. The number of carbonyl (C=O) groups excluding carboxylic acids is 3. The first-order valence-electron chi connectivity index (χ1n) is 22.6. The van der Waals surface area contributed by atoms with Crippen LogP contribution in [0, 0.1) is 12.7 Å². The minimum Gasteiger partial charge on any atom is -0.778 e. The average Bonchev–Trinajstić information content (AvgIpc) is 3.66. The van der Waals surface area contributed by atoms with E-state index in [1.165, 1.54) is 13.2 Å². The highest BCUT2D eigenvalue weighted by Crippen LogP contribution is 2.35. The minimum atomic E-state index is -4.35. The molecule has 27 heteroatoms. The van der Waals surface area contributed by atoms with Crippen LogP contribution in [0.1, 0.15) is 44.7 Å². The van der Waals surface area contributed by atoms with Crippen molar-refractivity contribution in [2.45, 2.75) is 81.9 Å². The molecule has 1 aromatic heterocycles. The summed E-state index contributed by atoms with van der Waals surface area (Å²) in [6, 6.07) is 16.0. The molecule has 0 bridgehead atoms. The molecule has 3 aromatic carbocycles. The molecule has 2 aliphatic heterocycles. The summed E-state index contributed by atoms with van der Waals surface area (Å²) >= 11 is 25.2. The summed E-state index contributed by atoms with van der Waals surface area (Å²) in [5.74, 6) is -1.84. The third-order valence-electron chi connectivity index (χ3n) is 9.91. The zero-order valence-corrected chi connectivity index (χ0v) is 48.8. The molecule has 0 spiro atoms. The molecule has 3 heterocycles. The Labute approximate surface area is 461 Å². The Bertz CT molecular complexity index is 2650. The highest BCUT2D eigenvalue weighted by molar-refractivity contribution is 8.00. The fourth-order valence-corrected chi connectivity index (χ4v) is 9.52. The average molecular weight is 1190 g/mol. The molecule has 0 fully saturated rings. The van der Waals surface area contributed by atoms with E-state index in [4.69, 9.17) is 65.9 Å². The number of amides is 2. The monoisotopic (exact) mass is 1190 g/mol. The van der Waals surface area contributed by atoms with E-state index in [-0.39, 0.29) is 51.1 Å². The number of ether oxygens (including phenoxy) is 3. The number of hydrogen-bond donors (Lipinski definition) is 3. The number of fused-ring (bicyclic) bond motifs is 2. The largest absolute Gasteiger partial charge is 0.778 e. The van der Waals surface area contributed by atoms with Crippen molar-refractivity contribution in [1.82, 2.24) is 14.7 Å². The molecule has 0 radical (unpaired) electrons. The van der Waals surface area contributed by atoms with Crippen molar-refractivity contribution >= 4 is 129 Å². The number of rotatable bonds is 15. The van der Waals surface area contributed by atoms with Gasteiger partial charge in [0.2, 0.25) is 10.7 Å². The number of esters is 1. The van der Waals surface area contributed by atoms with Gasteiger partial charge < -0.3 is 43.5 Å². The van der Waals surface area contributed by atoms with Gasteiger partial charge in [0.05, 0.1) is 79.5 Å². The summed E-state index contributed by atoms with van der Waals surface area (Å²) in [5.41, 5.74) is 4.01. The molecule has 2 amide bonds. The Hall–Kier alpha value is -3.64. The Balaban J connectivity index is 0.000000343. The molecule has 412 valence electrons. The predicted octanol–water partition coefficient (Wildman–Crippen LogP) is 7.22. The van der Waals surface area contributed by atoms with E-state index in [2.05, 4.69) is 41.5 Å². The van der Waals surface area contributed by atoms with Crippen molar-refractivity contribution in [3.8, 4) is 5.75 Å². The van der Waals surface area contributed by atoms with E-state index < -0.39 is 43.0 Å². The number of nitrogens with zero attached hydrogens (tertiary/aromatic N) is 5. The minimum absolute atomic E-state index is 0.0223. The molecule has 3 atom stereocenters. The number of methoxy groups -OCH3 is 2. The lowest BCUT2D eigenvalue weighted by atomic mass is 10.0. The molecule has 2 aliphatic rings. The van der Waals surface area contributed by atoms with Crippen LogP contribution in [0.4, 0.5) is 21.5 Å². The first-order chi connectivity index (χ1) is 34.8. The number of nitrogens with one attached hydrogen (secondary N) is 1. The van der Waals surface area contributed by atoms with Gasteiger partial charge in [-0.3, -0.25) is 34.0 Å². The summed E-state index contributed by atoms with van der Waals surface area (Å²) in [6.45, 7) is 9.75. The van der Waals surface area contributed by atoms with E-state index in [0.29, 0.717) is 52.6 Å². The molecule has 3 N–H and O–H groups in total. The van der Waals surface area contributed by atoms with Gasteiger partial charge in [-0.2, -0.15) is 0 Å². The van der Waals surface area contributed by atoms with Crippen LogP contribution in [0.2, 0.25) is 5.02 Å². The first-order valence-corrected chi connectivity index (χ1v) is 30.4. The van der Waals surface area contributed by atoms with Crippen LogP contribution >= 0.6 is 77.1 Å². The van der Waals surface area contributed by atoms with Crippen LogP contribution in [0.25, 0.3) is 0 Å². The molecule has 0 saturated heterocycles. The van der Waals surface area contributed by atoms with Gasteiger partial charge in [0.25, 0.3) is 5.91 Å². The van der Waals surface area contributed by atoms with Crippen molar-refractivity contribution in [1.29, 1.82) is 0 Å². The standard InChI is InChI=1S/C15H15ClFN3O3S2.C15H22ClNO2.C11H11Cl2NO2.C3H8NO5P.C3H9S/c1-23-13(21)8-24-12-7-11(10(17)6-9(12)16)18-14-19-4-2-3-5-20(19)15(22)25-14;1-5-13-8-6-7-11(2)15(13)17(14(18)9-16)12(3)10-19-4;1-7-6-16-9-5-3-2-4-8(9)14(7)11(15)10(12)13;5-3(6)1-4-2-10(7,8)9;1-4(2)3/h6-7H,2-5,8H2,1H3;6-8,12H,5,9-10H2,1-4H3;2-5,7,10H,6H2,1H3;4H,1-2H2,(H,5,6)(H2,7,8,9);1-3H3/q;;;;+1/p-1. The molecule has 6 rings (SSSR count). The third-order valence-corrected chi connectivity index (χ3v) is 13.5. The third kappa shape index (κ3) is 22.1. The Morgan fingerprint density at radius 1 is 1.09 bits per heavy atom. The van der Waals surface area contributed by atoms with Crippen molar-refractivity contribution in [2.75, 3.05) is 80.5 Å². The fraction of sp³-hybridized carbons (Fsp3) is 0.489. The lowest BCUT2D eigenvalue weighted by Gasteiger charge is -2.35. The van der Waals surface area contributed by atoms with Crippen molar-refractivity contribution in [3.05, 3.63) is 91.0 Å². The van der Waals surface area contributed by atoms with Crippen LogP contribution in [-0.4, -0.2) is 131 Å². The van der Waals surface area contributed by atoms with E-state index in [1.807, 2.05) is 62.5 Å². The predicted molar refractivity (Wildman–Crippen MR) is 295 cm³/mol. The van der Waals surface area contributed by atoms with Crippen LogP contribution < -0.4 is 34.4 Å². The Morgan fingerprint density at radius 3 is 2.30 bits per heavy atom. The maximum Gasteiger partial charge on any atom is 0.325 e. The molecular formula is C47H64Cl4FN6O12PS3. The summed E-state index contributed by atoms with van der Waals surface area (Å²) in [6.07, 6.45) is 8.65. The van der Waals surface area contributed by atoms with E-state index >= 15 is 0 Å². The van der Waals surface area contributed by atoms with Gasteiger partial charge in [-0.05, 0) is 97.7 Å². The lowest BCUT2D eigenvalue weighted by Crippen LogP contribution is -2.47. The number of halogens is 5. The normalized spacial score (nSPS) is 14.9. The summed E-state index contributed by atoms with van der Waals surface area (Å²) in [7, 11) is -0.773. The first kappa shape index (κ1) is 66.5. The van der Waals surface area contributed by atoms with Crippen molar-refractivity contribution < 1.29 is 57.2 Å². The number of alkyl halides is 3. The summed E-state index contributed by atoms with van der Waals surface area (Å²) in [4.78, 5) is 82.6. The van der Waals surface area contributed by atoms with Gasteiger partial charge in [-0.15, -0.1) is 23.4 Å². The molecule has 0 aliphatic carbocycles. The molecule has 3 unspecified atom stereocenters. The van der Waals surface area contributed by atoms with Gasteiger partial charge >= 0.3 is 16.8 Å². The SMILES string of the molecule is CC1COc2ccccc2N1C(=O)C(Cl)Cl.CCc1cccc(C)c1N(C(=O)CCl)C(C)COC.COC(=O)CSc1cc(N=c2sc(=O)n3n2CCCC3)c(F)cc1Cl.C[S+](C)C.O=C(O)CNCP(=O)([O-])O. The Kier molecular flexibility index (Phi) is 30.1. The second-order valence-electron chi connectivity index (χ2n) is 16.4. The second-order valence-corrected chi connectivity index (χ2v) is 24.2. The quantitative estimate of drug-likeness (QED) is 0.0351. The molecule has 18 nitrogen and oxygen atoms in total. The van der Waals surface area contributed by atoms with E-state index in [1.54, 1.807) is 26.3 Å². The maximum atomic E-state index is 14.3. The zero-order chi connectivity index (χ0) is 55.9. The number of carboxylic acids is 1. The van der Waals surface area contributed by atoms with Gasteiger partial charge in [0, 0.05) is 25.1 Å². The number of para-hydroxylation sites is 3. The van der Waals surface area contributed by atoms with Gasteiger partial charge in [0.15, 0.2) is 4.84 Å². The number of hydrogen-bond acceptors (Lipinski definition) is 14. The number of carboxylic acid groups (broad SMARTS) is 1. The van der Waals surface area contributed by atoms with Crippen LogP contribution in [0.3, 0.4) is 0 Å². The van der Waals surface area contributed by atoms with Crippen molar-refractivity contribution in [3.63, 3.8) is 0 Å². The molecule has 4 aromatic rings. The number of anilines is 2. The summed E-state index contributed by atoms with van der Waals surface area (Å²) < 4.78 is 42.9. The summed E-state index contributed by atoms with van der Waals surface area (Å²) in [5, 5.41) is 10.2. The van der Waals surface area contributed by atoms with E-state index in [9.17, 15) is 37.8 Å². The number of carbonyl (C=O) groups is 4. The van der Waals surface area contributed by atoms with E-state index in [0.717, 1.165) is 70.9 Å². The van der Waals surface area contributed by atoms with Crippen LogP contribution in [-0.2, 0) is 63.6 Å². The van der Waals surface area contributed by atoms with Crippen LogP contribution in [0.15, 0.2) is 69.3 Å². The molecule has 74 heavy (non-hydrogen) atoms. The maximum absolute atomic E-state index is 14.3. The Morgan fingerprint density at radius 2 is 1.73 bits per heavy atom. The topological polar surface area (TPSA) is 234 Å².